The molecule has 0 saturated heterocycles. The lowest BCUT2D eigenvalue weighted by molar-refractivity contribution is 0.587. The zero-order valence-electron chi connectivity index (χ0n) is 20.0. The Morgan fingerprint density at radius 1 is 1.06 bits per heavy atom. The van der Waals surface area contributed by atoms with Crippen LogP contribution in [0.25, 0.3) is 22.0 Å². The van der Waals surface area contributed by atoms with Crippen LogP contribution in [0.15, 0.2) is 42.7 Å². The number of rotatable bonds is 5. The third-order valence-corrected chi connectivity index (χ3v) is 7.14. The molecule has 2 heterocycles. The fourth-order valence-corrected chi connectivity index (χ4v) is 4.56. The fourth-order valence-electron chi connectivity index (χ4n) is 3.89. The lowest BCUT2D eigenvalue weighted by Crippen LogP contribution is -2.12. The van der Waals surface area contributed by atoms with Gasteiger partial charge in [-0.15, -0.1) is 0 Å². The van der Waals surface area contributed by atoms with Gasteiger partial charge in [-0.3, -0.25) is 4.98 Å². The first-order chi connectivity index (χ1) is 16.5. The monoisotopic (exact) mass is 491 g/mol. The van der Waals surface area contributed by atoms with Crippen molar-refractivity contribution in [3.8, 4) is 17.2 Å². The molecule has 4 aromatic rings. The summed E-state index contributed by atoms with van der Waals surface area (Å²) in [5.74, 6) is -0.919. The minimum atomic E-state index is -2.64. The lowest BCUT2D eigenvalue weighted by Gasteiger charge is -2.21. The zero-order chi connectivity index (χ0) is 25.5. The van der Waals surface area contributed by atoms with E-state index in [1.807, 2.05) is 19.9 Å². The first kappa shape index (κ1) is 24.4. The van der Waals surface area contributed by atoms with Crippen molar-refractivity contribution in [3.63, 3.8) is 0 Å². The number of halogens is 2. The van der Waals surface area contributed by atoms with Gasteiger partial charge in [0.25, 0.3) is 0 Å². The molecule has 1 N–H and O–H groups in total. The number of aryl methyl sites for hydroxylation is 1. The first-order valence-corrected chi connectivity index (χ1v) is 13.5. The van der Waals surface area contributed by atoms with Gasteiger partial charge < -0.3 is 9.88 Å². The van der Waals surface area contributed by atoms with Crippen LogP contribution in [-0.4, -0.2) is 28.3 Å². The second-order valence-corrected chi connectivity index (χ2v) is 12.0. The van der Waals surface area contributed by atoms with E-state index in [0.717, 1.165) is 5.56 Å². The lowest BCUT2D eigenvalue weighted by atomic mass is 9.99. The minimum absolute atomic E-state index is 0.230. The molecule has 9 heteroatoms. The Morgan fingerprint density at radius 2 is 1.74 bits per heavy atom. The predicted molar refractivity (Wildman–Crippen MR) is 134 cm³/mol. The number of anilines is 1. The van der Waals surface area contributed by atoms with E-state index in [0.29, 0.717) is 39.0 Å². The number of fused-ring (bicyclic) bond motifs is 1. The number of benzene rings is 2. The maximum atomic E-state index is 15.1. The highest BCUT2D eigenvalue weighted by Crippen LogP contribution is 2.36. The van der Waals surface area contributed by atoms with Crippen molar-refractivity contribution >= 4 is 29.3 Å². The van der Waals surface area contributed by atoms with Crippen molar-refractivity contribution in [2.24, 2.45) is 0 Å². The number of hydrogen-bond donors (Lipinski definition) is 1. The van der Waals surface area contributed by atoms with E-state index in [1.165, 1.54) is 36.7 Å². The van der Waals surface area contributed by atoms with Crippen molar-refractivity contribution < 1.29 is 13.3 Å². The summed E-state index contributed by atoms with van der Waals surface area (Å²) in [6, 6.07) is 8.79. The van der Waals surface area contributed by atoms with Crippen molar-refractivity contribution in [3.05, 3.63) is 76.7 Å². The Hall–Kier alpha value is -3.69. The Bertz CT molecular complexity index is 1540. The van der Waals surface area contributed by atoms with Gasteiger partial charge in [-0.25, -0.2) is 18.7 Å². The van der Waals surface area contributed by atoms with E-state index in [1.54, 1.807) is 26.3 Å². The molecule has 0 radical (unpaired) electrons. The standard InChI is InChI=1S/C26H24F2N5OP/c1-14-15(2)32-24-10-23(28)20(18-12-30-26(31-13-18)35(4,5)34)9-21(24)25(14)33-16(3)19-8-17(11-29)6-7-22(19)27/h6-10,12-13,16H,1-5H3,(H,32,33)/t16-/m1/s1. The first-order valence-electron chi connectivity index (χ1n) is 10.9. The molecular formula is C26H24F2N5OP. The highest BCUT2D eigenvalue weighted by atomic mass is 31.2. The minimum Gasteiger partial charge on any atom is -0.378 e. The molecule has 0 bridgehead atoms. The molecule has 0 fully saturated rings. The van der Waals surface area contributed by atoms with E-state index < -0.39 is 24.8 Å². The third kappa shape index (κ3) is 4.78. The quantitative estimate of drug-likeness (QED) is 0.351. The van der Waals surface area contributed by atoms with Crippen molar-refractivity contribution in [1.29, 1.82) is 5.26 Å². The van der Waals surface area contributed by atoms with Crippen LogP contribution in [0.1, 0.15) is 35.3 Å². The average molecular weight is 491 g/mol. The molecule has 6 nitrogen and oxygen atoms in total. The van der Waals surface area contributed by atoms with Gasteiger partial charge in [0.05, 0.1) is 23.2 Å². The molecule has 1 atom stereocenters. The number of hydrogen-bond acceptors (Lipinski definition) is 6. The summed E-state index contributed by atoms with van der Waals surface area (Å²) in [7, 11) is -2.64. The van der Waals surface area contributed by atoms with Gasteiger partial charge in [0.1, 0.15) is 18.8 Å². The van der Waals surface area contributed by atoms with E-state index >= 15 is 4.39 Å². The molecule has 0 amide bonds. The molecule has 0 aliphatic heterocycles. The molecule has 35 heavy (non-hydrogen) atoms. The molecule has 0 saturated carbocycles. The average Bonchev–Trinajstić information content (AvgIpc) is 2.81. The molecule has 178 valence electrons. The van der Waals surface area contributed by atoms with E-state index in [2.05, 4.69) is 20.3 Å². The SMILES string of the molecule is Cc1nc2cc(F)c(-c3cnc(P(C)(C)=O)nc3)cc2c(N[C@H](C)c2cc(C#N)ccc2F)c1C. The van der Waals surface area contributed by atoms with Gasteiger partial charge in [-0.2, -0.15) is 5.26 Å². The van der Waals surface area contributed by atoms with Gasteiger partial charge >= 0.3 is 0 Å². The van der Waals surface area contributed by atoms with Gasteiger partial charge in [0, 0.05) is 51.9 Å². The van der Waals surface area contributed by atoms with Gasteiger partial charge in [-0.05, 0) is 63.9 Å². The van der Waals surface area contributed by atoms with E-state index in [9.17, 15) is 14.2 Å². The highest BCUT2D eigenvalue weighted by molar-refractivity contribution is 7.69. The topological polar surface area (TPSA) is 91.6 Å². The summed E-state index contributed by atoms with van der Waals surface area (Å²) in [5, 5.41) is 13.2. The Labute approximate surface area is 202 Å². The Kier molecular flexibility index (Phi) is 6.40. The largest absolute Gasteiger partial charge is 0.378 e. The molecule has 0 aliphatic carbocycles. The number of nitriles is 1. The van der Waals surface area contributed by atoms with Crippen molar-refractivity contribution in [1.82, 2.24) is 15.0 Å². The van der Waals surface area contributed by atoms with Crippen LogP contribution in [-0.2, 0) is 4.57 Å². The Morgan fingerprint density at radius 3 is 2.37 bits per heavy atom. The summed E-state index contributed by atoms with van der Waals surface area (Å²) in [6.07, 6.45) is 2.92. The van der Waals surface area contributed by atoms with Crippen LogP contribution in [0.4, 0.5) is 14.5 Å². The molecule has 4 rings (SSSR count). The number of pyridine rings is 1. The van der Waals surface area contributed by atoms with Crippen LogP contribution in [0, 0.1) is 36.8 Å². The highest BCUT2D eigenvalue weighted by Gasteiger charge is 2.20. The maximum Gasteiger partial charge on any atom is 0.188 e. The number of aromatic nitrogens is 3. The molecule has 0 aliphatic rings. The molecule has 2 aromatic heterocycles. The van der Waals surface area contributed by atoms with Crippen LogP contribution in [0.2, 0.25) is 0 Å². The van der Waals surface area contributed by atoms with E-state index in [-0.39, 0.29) is 11.1 Å². The molecular weight excluding hydrogens is 467 g/mol. The van der Waals surface area contributed by atoms with Crippen LogP contribution in [0.5, 0.6) is 0 Å². The molecule has 0 unspecified atom stereocenters. The predicted octanol–water partition coefficient (Wildman–Crippen LogP) is 5.88. The smallest absolute Gasteiger partial charge is 0.188 e. The summed E-state index contributed by atoms with van der Waals surface area (Å²) in [4.78, 5) is 12.9. The van der Waals surface area contributed by atoms with Gasteiger partial charge in [0.15, 0.2) is 5.57 Å². The summed E-state index contributed by atoms with van der Waals surface area (Å²) < 4.78 is 41.9. The maximum absolute atomic E-state index is 15.1. The van der Waals surface area contributed by atoms with Crippen LogP contribution < -0.4 is 10.9 Å². The van der Waals surface area contributed by atoms with Gasteiger partial charge in [0.2, 0.25) is 0 Å². The normalized spacial score (nSPS) is 12.4. The van der Waals surface area contributed by atoms with Gasteiger partial charge in [-0.1, -0.05) is 0 Å². The fraction of sp³-hybridized carbons (Fsp3) is 0.231. The van der Waals surface area contributed by atoms with Crippen LogP contribution >= 0.6 is 7.14 Å². The van der Waals surface area contributed by atoms with Crippen molar-refractivity contribution in [2.75, 3.05) is 18.6 Å². The summed E-state index contributed by atoms with van der Waals surface area (Å²) in [5.41, 5.74) is 4.32. The summed E-state index contributed by atoms with van der Waals surface area (Å²) in [6.45, 7) is 8.66. The molecule has 2 aromatic carbocycles. The van der Waals surface area contributed by atoms with E-state index in [4.69, 9.17) is 0 Å². The zero-order valence-corrected chi connectivity index (χ0v) is 20.9. The second kappa shape index (κ2) is 9.16. The Balaban J connectivity index is 1.84. The third-order valence-electron chi connectivity index (χ3n) is 5.94. The summed E-state index contributed by atoms with van der Waals surface area (Å²) >= 11 is 0. The number of nitrogens with one attached hydrogen (secondary N) is 1. The van der Waals surface area contributed by atoms with Crippen LogP contribution in [0.3, 0.4) is 0 Å². The second-order valence-electron chi connectivity index (χ2n) is 8.88. The molecule has 0 spiro atoms. The number of nitrogens with zero attached hydrogens (tertiary/aromatic N) is 4. The van der Waals surface area contributed by atoms with Crippen molar-refractivity contribution in [2.45, 2.75) is 26.8 Å².